The number of likely N-dealkylation sites (tertiary alicyclic amines) is 1. The summed E-state index contributed by atoms with van der Waals surface area (Å²) in [6.45, 7) is 2.09. The van der Waals surface area contributed by atoms with Gasteiger partial charge < -0.3 is 24.8 Å². The van der Waals surface area contributed by atoms with Crippen molar-refractivity contribution >= 4 is 44.8 Å². The number of aromatic nitrogens is 2. The number of ether oxygens (including phenoxy) is 2. The van der Waals surface area contributed by atoms with Gasteiger partial charge in [0.15, 0.2) is 0 Å². The van der Waals surface area contributed by atoms with Gasteiger partial charge in [0.25, 0.3) is 5.91 Å². The average molecular weight is 557 g/mol. The van der Waals surface area contributed by atoms with Crippen molar-refractivity contribution in [2.24, 2.45) is 0 Å². The van der Waals surface area contributed by atoms with Crippen LogP contribution in [0.3, 0.4) is 0 Å². The molecule has 1 fully saturated rings. The van der Waals surface area contributed by atoms with E-state index in [-0.39, 0.29) is 18.6 Å². The van der Waals surface area contributed by atoms with Crippen LogP contribution in [0.25, 0.3) is 10.9 Å². The lowest BCUT2D eigenvalue weighted by Crippen LogP contribution is -2.53. The third-order valence-corrected chi connectivity index (χ3v) is 7.33. The summed E-state index contributed by atoms with van der Waals surface area (Å²) in [4.78, 5) is 37.5. The minimum absolute atomic E-state index is 0.0116. The van der Waals surface area contributed by atoms with Crippen LogP contribution in [0.2, 0.25) is 0 Å². The SMILES string of the molecule is CC(=O)OCc1n[nH]c2c(C(=O)N[C@H]3CC4(CCN(C(=O)O)CC4)Oc4ccc(Br)cc43)cccc12. The number of esters is 1. The van der Waals surface area contributed by atoms with E-state index in [1.54, 1.807) is 12.1 Å². The van der Waals surface area contributed by atoms with Gasteiger partial charge in [-0.15, -0.1) is 0 Å². The van der Waals surface area contributed by atoms with Crippen LogP contribution in [-0.2, 0) is 16.1 Å². The van der Waals surface area contributed by atoms with Crippen LogP contribution < -0.4 is 10.1 Å². The number of H-pyrrole nitrogens is 1. The van der Waals surface area contributed by atoms with Crippen LogP contribution in [0.15, 0.2) is 40.9 Å². The van der Waals surface area contributed by atoms with Crippen molar-refractivity contribution in [2.75, 3.05) is 13.1 Å². The van der Waals surface area contributed by atoms with E-state index in [1.165, 1.54) is 11.8 Å². The fourth-order valence-electron chi connectivity index (χ4n) is 4.98. The normalized spacial score (nSPS) is 18.4. The largest absolute Gasteiger partial charge is 0.487 e. The second-order valence-electron chi connectivity index (χ2n) is 9.15. The fraction of sp³-hybridized carbons (Fsp3) is 0.360. The van der Waals surface area contributed by atoms with Gasteiger partial charge in [0.1, 0.15) is 23.7 Å². The molecule has 2 amide bonds. The Bertz CT molecular complexity index is 1350. The number of hydrogen-bond donors (Lipinski definition) is 3. The Labute approximate surface area is 215 Å². The number of hydrogen-bond acceptors (Lipinski definition) is 6. The highest BCUT2D eigenvalue weighted by Crippen LogP contribution is 2.45. The molecule has 1 saturated heterocycles. The summed E-state index contributed by atoms with van der Waals surface area (Å²) in [5.74, 6) is -0.00585. The molecule has 0 bridgehead atoms. The van der Waals surface area contributed by atoms with Crippen molar-refractivity contribution in [1.82, 2.24) is 20.4 Å². The van der Waals surface area contributed by atoms with Crippen LogP contribution in [0.1, 0.15) is 53.8 Å². The number of carboxylic acid groups (broad SMARTS) is 1. The Hall–Kier alpha value is -3.60. The first-order valence-corrected chi connectivity index (χ1v) is 12.4. The predicted octanol–water partition coefficient (Wildman–Crippen LogP) is 4.15. The summed E-state index contributed by atoms with van der Waals surface area (Å²) in [6, 6.07) is 10.7. The first-order valence-electron chi connectivity index (χ1n) is 11.6. The molecule has 1 aromatic heterocycles. The quantitative estimate of drug-likeness (QED) is 0.411. The molecule has 3 N–H and O–H groups in total. The lowest BCUT2D eigenvalue weighted by Gasteiger charge is -2.46. The van der Waals surface area contributed by atoms with Crippen LogP contribution in [0, 0.1) is 0 Å². The lowest BCUT2D eigenvalue weighted by atomic mass is 9.80. The van der Waals surface area contributed by atoms with E-state index in [1.807, 2.05) is 24.3 Å². The molecule has 3 aromatic rings. The van der Waals surface area contributed by atoms with E-state index < -0.39 is 17.7 Å². The molecule has 0 aliphatic carbocycles. The number of nitrogens with one attached hydrogen (secondary N) is 2. The van der Waals surface area contributed by atoms with E-state index >= 15 is 0 Å². The van der Waals surface area contributed by atoms with Gasteiger partial charge in [0.05, 0.1) is 17.1 Å². The zero-order valence-electron chi connectivity index (χ0n) is 19.5. The Morgan fingerprint density at radius 3 is 2.78 bits per heavy atom. The van der Waals surface area contributed by atoms with Crippen LogP contribution in [-0.4, -0.2) is 56.9 Å². The highest BCUT2D eigenvalue weighted by molar-refractivity contribution is 9.10. The summed E-state index contributed by atoms with van der Waals surface area (Å²) in [7, 11) is 0. The number of para-hydroxylation sites is 1. The van der Waals surface area contributed by atoms with Crippen molar-refractivity contribution < 1.29 is 29.0 Å². The molecular formula is C25H25BrN4O6. The second kappa shape index (κ2) is 9.45. The van der Waals surface area contributed by atoms with Gasteiger partial charge in [-0.2, -0.15) is 5.10 Å². The Morgan fingerprint density at radius 2 is 2.06 bits per heavy atom. The van der Waals surface area contributed by atoms with E-state index in [0.717, 1.165) is 10.0 Å². The third kappa shape index (κ3) is 4.62. The number of halogens is 1. The molecule has 0 saturated carbocycles. The monoisotopic (exact) mass is 556 g/mol. The van der Waals surface area contributed by atoms with Crippen molar-refractivity contribution in [3.8, 4) is 5.75 Å². The van der Waals surface area contributed by atoms with Gasteiger partial charge >= 0.3 is 12.1 Å². The third-order valence-electron chi connectivity index (χ3n) is 6.84. The van der Waals surface area contributed by atoms with Crippen molar-refractivity contribution in [3.05, 3.63) is 57.7 Å². The standard InChI is InChI=1S/C25H25BrN4O6/c1-14(31)35-13-20-16-3-2-4-17(22(16)29-28-20)23(32)27-19-12-25(7-9-30(10-8-25)24(33)34)36-21-6-5-15(26)11-18(19)21/h2-6,11,19H,7-10,12-13H2,1H3,(H,27,32)(H,28,29)(H,33,34)/t19-/m0/s1. The van der Waals surface area contributed by atoms with Gasteiger partial charge in [0, 0.05) is 54.7 Å². The molecule has 1 spiro atoms. The number of carbonyl (C=O) groups excluding carboxylic acids is 2. The summed E-state index contributed by atoms with van der Waals surface area (Å²) >= 11 is 3.51. The van der Waals surface area contributed by atoms with Gasteiger partial charge in [-0.25, -0.2) is 4.79 Å². The Balaban J connectivity index is 1.42. The number of amides is 2. The molecule has 0 unspecified atom stereocenters. The molecule has 10 nitrogen and oxygen atoms in total. The molecule has 11 heteroatoms. The van der Waals surface area contributed by atoms with E-state index in [9.17, 15) is 19.5 Å². The highest BCUT2D eigenvalue weighted by atomic mass is 79.9. The van der Waals surface area contributed by atoms with Crippen molar-refractivity contribution in [3.63, 3.8) is 0 Å². The van der Waals surface area contributed by atoms with E-state index in [0.29, 0.717) is 60.3 Å². The molecule has 36 heavy (non-hydrogen) atoms. The number of benzene rings is 2. The zero-order chi connectivity index (χ0) is 25.4. The molecule has 2 aliphatic heterocycles. The fourth-order valence-corrected chi connectivity index (χ4v) is 5.36. The first kappa shape index (κ1) is 24.1. The summed E-state index contributed by atoms with van der Waals surface area (Å²) in [6.07, 6.45) is 0.662. The van der Waals surface area contributed by atoms with Gasteiger partial charge in [0.2, 0.25) is 0 Å². The number of aromatic amines is 1. The maximum atomic E-state index is 13.5. The molecule has 2 aromatic carbocycles. The Morgan fingerprint density at radius 1 is 1.28 bits per heavy atom. The zero-order valence-corrected chi connectivity index (χ0v) is 21.1. The number of fused-ring (bicyclic) bond motifs is 2. The van der Waals surface area contributed by atoms with E-state index in [2.05, 4.69) is 31.4 Å². The first-order chi connectivity index (χ1) is 17.2. The van der Waals surface area contributed by atoms with Crippen molar-refractivity contribution in [2.45, 2.75) is 44.4 Å². The lowest BCUT2D eigenvalue weighted by molar-refractivity contribution is -0.142. The topological polar surface area (TPSA) is 134 Å². The maximum Gasteiger partial charge on any atom is 0.407 e. The maximum absolute atomic E-state index is 13.5. The van der Waals surface area contributed by atoms with Crippen LogP contribution in [0.4, 0.5) is 4.79 Å². The minimum Gasteiger partial charge on any atom is -0.487 e. The molecule has 2 aliphatic rings. The average Bonchev–Trinajstić information content (AvgIpc) is 3.26. The molecule has 188 valence electrons. The smallest absolute Gasteiger partial charge is 0.407 e. The predicted molar refractivity (Wildman–Crippen MR) is 133 cm³/mol. The van der Waals surface area contributed by atoms with Crippen LogP contribution >= 0.6 is 15.9 Å². The molecule has 3 heterocycles. The summed E-state index contributed by atoms with van der Waals surface area (Å²) in [5, 5.41) is 20.4. The summed E-state index contributed by atoms with van der Waals surface area (Å²) in [5.41, 5.74) is 1.81. The number of rotatable bonds is 4. The molecule has 1 atom stereocenters. The number of nitrogens with zero attached hydrogens (tertiary/aromatic N) is 2. The molecular weight excluding hydrogens is 532 g/mol. The minimum atomic E-state index is -0.935. The van der Waals surface area contributed by atoms with Gasteiger partial charge in [-0.05, 0) is 24.3 Å². The van der Waals surface area contributed by atoms with Crippen LogP contribution in [0.5, 0.6) is 5.75 Å². The van der Waals surface area contributed by atoms with Gasteiger partial charge in [-0.1, -0.05) is 28.1 Å². The van der Waals surface area contributed by atoms with E-state index in [4.69, 9.17) is 9.47 Å². The molecule has 5 rings (SSSR count). The van der Waals surface area contributed by atoms with Gasteiger partial charge in [-0.3, -0.25) is 14.7 Å². The second-order valence-corrected chi connectivity index (χ2v) is 10.1. The Kier molecular flexibility index (Phi) is 6.33. The number of piperidine rings is 1. The molecule has 0 radical (unpaired) electrons. The highest BCUT2D eigenvalue weighted by Gasteiger charge is 2.44. The number of carbonyl (C=O) groups is 3. The van der Waals surface area contributed by atoms with Crippen molar-refractivity contribution in [1.29, 1.82) is 0 Å². The summed E-state index contributed by atoms with van der Waals surface area (Å²) < 4.78 is 12.4.